The van der Waals surface area contributed by atoms with Crippen LogP contribution < -0.4 is 27.0 Å². The van der Waals surface area contributed by atoms with Gasteiger partial charge >= 0.3 is 5.69 Å². The van der Waals surface area contributed by atoms with Crippen molar-refractivity contribution in [1.29, 1.82) is 0 Å². The lowest BCUT2D eigenvalue weighted by atomic mass is 9.86. The fourth-order valence-corrected chi connectivity index (χ4v) is 3.37. The third-order valence-electron chi connectivity index (χ3n) is 5.36. The standard InChI is InChI=1S/C22H30N4O3/c23-15-19(8-4-13-26-14-11-21(27)25-22(26)28)24-12-10-18-7-1-2-9-20(18)29-16-17-5-3-6-17/h1-2,7,9,11,14-15,17,24H,3-6,8,10,12-13,16,23H2,(H,25,27,28)/b19-15-. The molecule has 1 aromatic carbocycles. The lowest BCUT2D eigenvalue weighted by Gasteiger charge is -2.25. The minimum Gasteiger partial charge on any atom is -0.493 e. The van der Waals surface area contributed by atoms with Gasteiger partial charge in [-0.3, -0.25) is 9.78 Å². The number of aromatic nitrogens is 2. The van der Waals surface area contributed by atoms with Crippen LogP contribution in [-0.4, -0.2) is 22.7 Å². The monoisotopic (exact) mass is 398 g/mol. The topological polar surface area (TPSA) is 102 Å². The smallest absolute Gasteiger partial charge is 0.328 e. The minimum absolute atomic E-state index is 0.382. The van der Waals surface area contributed by atoms with Crippen molar-refractivity contribution in [2.24, 2.45) is 11.7 Å². The van der Waals surface area contributed by atoms with Gasteiger partial charge in [-0.05, 0) is 49.7 Å². The van der Waals surface area contributed by atoms with Gasteiger partial charge in [-0.25, -0.2) is 4.79 Å². The SMILES string of the molecule is N/C=C(/CCCn1ccc(=O)[nH]c1=O)NCCc1ccccc1OCC1CCC1. The van der Waals surface area contributed by atoms with E-state index >= 15 is 0 Å². The first-order valence-electron chi connectivity index (χ1n) is 10.3. The van der Waals surface area contributed by atoms with Crippen molar-refractivity contribution in [2.45, 2.75) is 45.1 Å². The van der Waals surface area contributed by atoms with E-state index in [1.807, 2.05) is 18.2 Å². The molecular formula is C22H30N4O3. The molecule has 4 N–H and O–H groups in total. The van der Waals surface area contributed by atoms with E-state index in [1.54, 1.807) is 6.20 Å². The van der Waals surface area contributed by atoms with Gasteiger partial charge in [-0.1, -0.05) is 24.6 Å². The highest BCUT2D eigenvalue weighted by Gasteiger charge is 2.18. The molecule has 7 heteroatoms. The molecule has 0 spiro atoms. The van der Waals surface area contributed by atoms with Gasteiger partial charge in [0.1, 0.15) is 5.75 Å². The fraction of sp³-hybridized carbons (Fsp3) is 0.455. The van der Waals surface area contributed by atoms with E-state index in [2.05, 4.69) is 16.4 Å². The Labute approximate surface area is 170 Å². The third-order valence-corrected chi connectivity index (χ3v) is 5.36. The van der Waals surface area contributed by atoms with Crippen LogP contribution in [0.15, 0.2) is 58.0 Å². The molecule has 0 saturated heterocycles. The predicted molar refractivity (Wildman–Crippen MR) is 114 cm³/mol. The molecule has 156 valence electrons. The number of para-hydroxylation sites is 1. The minimum atomic E-state index is -0.387. The third kappa shape index (κ3) is 6.27. The molecule has 0 bridgehead atoms. The maximum Gasteiger partial charge on any atom is 0.328 e. The highest BCUT2D eigenvalue weighted by molar-refractivity contribution is 5.33. The van der Waals surface area contributed by atoms with Crippen LogP contribution in [0.1, 0.15) is 37.7 Å². The van der Waals surface area contributed by atoms with Crippen molar-refractivity contribution in [3.63, 3.8) is 0 Å². The number of benzene rings is 1. The Morgan fingerprint density at radius 2 is 2.10 bits per heavy atom. The van der Waals surface area contributed by atoms with Gasteiger partial charge in [0.25, 0.3) is 5.56 Å². The van der Waals surface area contributed by atoms with Crippen LogP contribution in [0.2, 0.25) is 0 Å². The van der Waals surface area contributed by atoms with Crippen LogP contribution >= 0.6 is 0 Å². The summed E-state index contributed by atoms with van der Waals surface area (Å²) in [5, 5.41) is 3.38. The highest BCUT2D eigenvalue weighted by Crippen LogP contribution is 2.28. The molecule has 0 amide bonds. The van der Waals surface area contributed by atoms with E-state index in [-0.39, 0.29) is 11.2 Å². The van der Waals surface area contributed by atoms with E-state index in [0.29, 0.717) is 12.5 Å². The fourth-order valence-electron chi connectivity index (χ4n) is 3.37. The summed E-state index contributed by atoms with van der Waals surface area (Å²) < 4.78 is 7.53. The Morgan fingerprint density at radius 3 is 2.83 bits per heavy atom. The summed E-state index contributed by atoms with van der Waals surface area (Å²) in [4.78, 5) is 25.1. The molecule has 3 rings (SSSR count). The number of aromatic amines is 1. The van der Waals surface area contributed by atoms with Gasteiger partial charge in [-0.15, -0.1) is 0 Å². The zero-order valence-electron chi connectivity index (χ0n) is 16.7. The molecule has 0 unspecified atom stereocenters. The second-order valence-corrected chi connectivity index (χ2v) is 7.49. The van der Waals surface area contributed by atoms with E-state index in [1.165, 1.54) is 41.7 Å². The largest absolute Gasteiger partial charge is 0.493 e. The van der Waals surface area contributed by atoms with Gasteiger partial charge in [0.15, 0.2) is 0 Å². The second-order valence-electron chi connectivity index (χ2n) is 7.49. The summed E-state index contributed by atoms with van der Waals surface area (Å²) in [5.41, 5.74) is 7.11. The molecule has 29 heavy (non-hydrogen) atoms. The predicted octanol–water partition coefficient (Wildman–Crippen LogP) is 2.13. The van der Waals surface area contributed by atoms with Crippen LogP contribution in [0.3, 0.4) is 0 Å². The number of nitrogens with zero attached hydrogens (tertiary/aromatic N) is 1. The number of allylic oxidation sites excluding steroid dienone is 1. The Morgan fingerprint density at radius 1 is 1.28 bits per heavy atom. The van der Waals surface area contributed by atoms with Gasteiger partial charge in [0, 0.05) is 37.2 Å². The summed E-state index contributed by atoms with van der Waals surface area (Å²) >= 11 is 0. The quantitative estimate of drug-likeness (QED) is 0.538. The molecule has 1 fully saturated rings. The normalized spacial score (nSPS) is 14.4. The molecule has 1 aliphatic rings. The number of aryl methyl sites for hydroxylation is 1. The molecule has 2 aromatic rings. The van der Waals surface area contributed by atoms with E-state index in [4.69, 9.17) is 10.5 Å². The van der Waals surface area contributed by atoms with Crippen molar-refractivity contribution >= 4 is 0 Å². The van der Waals surface area contributed by atoms with Crippen LogP contribution in [0.25, 0.3) is 0 Å². The Hall–Kier alpha value is -2.96. The zero-order valence-corrected chi connectivity index (χ0v) is 16.7. The number of nitrogens with two attached hydrogens (primary N) is 1. The first-order valence-corrected chi connectivity index (χ1v) is 10.3. The van der Waals surface area contributed by atoms with Gasteiger partial charge in [-0.2, -0.15) is 0 Å². The van der Waals surface area contributed by atoms with E-state index in [0.717, 1.165) is 43.9 Å². The number of H-pyrrole nitrogens is 1. The van der Waals surface area contributed by atoms with Gasteiger partial charge < -0.3 is 20.4 Å². The Balaban J connectivity index is 1.42. The summed E-state index contributed by atoms with van der Waals surface area (Å²) in [6.07, 6.45) is 9.28. The lowest BCUT2D eigenvalue weighted by molar-refractivity contribution is 0.179. The number of rotatable bonds is 11. The van der Waals surface area contributed by atoms with Crippen LogP contribution in [0, 0.1) is 5.92 Å². The highest BCUT2D eigenvalue weighted by atomic mass is 16.5. The molecule has 7 nitrogen and oxygen atoms in total. The van der Waals surface area contributed by atoms with Crippen molar-refractivity contribution in [1.82, 2.24) is 14.9 Å². The van der Waals surface area contributed by atoms with E-state index < -0.39 is 0 Å². The van der Waals surface area contributed by atoms with Crippen molar-refractivity contribution in [3.8, 4) is 5.75 Å². The molecule has 1 aromatic heterocycles. The Kier molecular flexibility index (Phi) is 7.55. The average Bonchev–Trinajstić information content (AvgIpc) is 2.68. The van der Waals surface area contributed by atoms with Crippen LogP contribution in [-0.2, 0) is 13.0 Å². The average molecular weight is 399 g/mol. The number of ether oxygens (including phenoxy) is 1. The molecule has 1 heterocycles. The summed E-state index contributed by atoms with van der Waals surface area (Å²) in [5.74, 6) is 1.68. The lowest BCUT2D eigenvalue weighted by Crippen LogP contribution is -2.28. The maximum atomic E-state index is 11.7. The number of nitrogens with one attached hydrogen (secondary N) is 2. The summed E-state index contributed by atoms with van der Waals surface area (Å²) in [6.45, 7) is 2.08. The Bertz CT molecular complexity index is 928. The van der Waals surface area contributed by atoms with Crippen molar-refractivity contribution in [3.05, 3.63) is 74.8 Å². The molecule has 0 radical (unpaired) electrons. The van der Waals surface area contributed by atoms with Crippen LogP contribution in [0.4, 0.5) is 0 Å². The first-order chi connectivity index (χ1) is 14.2. The summed E-state index contributed by atoms with van der Waals surface area (Å²) in [6, 6.07) is 9.54. The van der Waals surface area contributed by atoms with Crippen LogP contribution in [0.5, 0.6) is 5.75 Å². The van der Waals surface area contributed by atoms with Crippen molar-refractivity contribution in [2.75, 3.05) is 13.2 Å². The number of hydrogen-bond acceptors (Lipinski definition) is 5. The number of hydrogen-bond donors (Lipinski definition) is 3. The zero-order chi connectivity index (χ0) is 20.5. The first kappa shape index (κ1) is 20.8. The molecule has 1 saturated carbocycles. The second kappa shape index (κ2) is 10.5. The molecular weight excluding hydrogens is 368 g/mol. The summed E-state index contributed by atoms with van der Waals surface area (Å²) in [7, 11) is 0. The maximum absolute atomic E-state index is 11.7. The van der Waals surface area contributed by atoms with Crippen molar-refractivity contribution < 1.29 is 4.74 Å². The molecule has 1 aliphatic carbocycles. The molecule has 0 atom stereocenters. The van der Waals surface area contributed by atoms with Gasteiger partial charge in [0.2, 0.25) is 0 Å². The van der Waals surface area contributed by atoms with E-state index in [9.17, 15) is 9.59 Å². The van der Waals surface area contributed by atoms with Gasteiger partial charge in [0.05, 0.1) is 6.61 Å². The molecule has 0 aliphatic heterocycles.